The van der Waals surface area contributed by atoms with E-state index in [0.717, 1.165) is 17.1 Å². The summed E-state index contributed by atoms with van der Waals surface area (Å²) in [5.74, 6) is 0. The number of hydrogen-bond acceptors (Lipinski definition) is 2. The van der Waals surface area contributed by atoms with Gasteiger partial charge >= 0.3 is 0 Å². The Labute approximate surface area is 125 Å². The standard InChI is InChI=1S/C13H11N2O.Y/c16-10-14-11-6-8-13(9-7-11)15-12-4-2-1-3-5-12;/h1-9,15H,(H,14,16);/q-1;. The maximum atomic E-state index is 10.1. The van der Waals surface area contributed by atoms with Crippen LogP contribution in [0, 0.1) is 0 Å². The number of hydrogen-bond donors (Lipinski definition) is 2. The molecule has 0 heterocycles. The normalized spacial score (nSPS) is 8.94. The summed E-state index contributed by atoms with van der Waals surface area (Å²) in [7, 11) is 0. The first kappa shape index (κ1) is 13.9. The van der Waals surface area contributed by atoms with Crippen LogP contribution >= 0.6 is 0 Å². The van der Waals surface area contributed by atoms with Crippen LogP contribution in [0.1, 0.15) is 0 Å². The molecule has 2 aromatic carbocycles. The summed E-state index contributed by atoms with van der Waals surface area (Å²) >= 11 is 0. The van der Waals surface area contributed by atoms with Gasteiger partial charge in [-0.15, -0.1) is 17.8 Å². The molecule has 1 radical (unpaired) electrons. The molecule has 4 heteroatoms. The zero-order chi connectivity index (χ0) is 11.2. The van der Waals surface area contributed by atoms with Gasteiger partial charge in [-0.1, -0.05) is 30.3 Å². The average Bonchev–Trinajstić information content (AvgIpc) is 2.33. The van der Waals surface area contributed by atoms with Crippen LogP contribution in [0.4, 0.5) is 17.1 Å². The first-order chi connectivity index (χ1) is 7.88. The summed E-state index contributed by atoms with van der Waals surface area (Å²) in [6.45, 7) is 0. The first-order valence-electron chi connectivity index (χ1n) is 4.94. The van der Waals surface area contributed by atoms with Crippen LogP contribution < -0.4 is 10.6 Å². The fourth-order valence-electron chi connectivity index (χ4n) is 1.38. The summed E-state index contributed by atoms with van der Waals surface area (Å²) in [5, 5.41) is 5.71. The molecule has 2 rings (SSSR count). The largest absolute Gasteiger partial charge is 0.490 e. The minimum absolute atomic E-state index is 0. The molecular formula is C13H11N2OY-. The fourth-order valence-corrected chi connectivity index (χ4v) is 1.38. The number of rotatable bonds is 4. The molecule has 1 amide bonds. The van der Waals surface area contributed by atoms with E-state index in [1.165, 1.54) is 0 Å². The second-order valence-corrected chi connectivity index (χ2v) is 3.30. The predicted octanol–water partition coefficient (Wildman–Crippen LogP) is 2.91. The fraction of sp³-hybridized carbons (Fsp3) is 0. The van der Waals surface area contributed by atoms with Crippen molar-refractivity contribution in [3.05, 3.63) is 54.6 Å². The molecule has 0 aliphatic heterocycles. The van der Waals surface area contributed by atoms with E-state index in [1.54, 1.807) is 6.41 Å². The molecule has 2 aromatic rings. The molecule has 0 aliphatic carbocycles. The molecule has 17 heavy (non-hydrogen) atoms. The summed E-state index contributed by atoms with van der Waals surface area (Å²) in [4.78, 5) is 10.1. The van der Waals surface area contributed by atoms with Crippen LogP contribution in [0.15, 0.2) is 54.6 Å². The third kappa shape index (κ3) is 4.29. The number of anilines is 3. The predicted molar refractivity (Wildman–Crippen MR) is 65.5 cm³/mol. The van der Waals surface area contributed by atoms with Gasteiger partial charge in [-0.2, -0.15) is 0 Å². The van der Waals surface area contributed by atoms with E-state index in [9.17, 15) is 4.79 Å². The second kappa shape index (κ2) is 7.20. The van der Waals surface area contributed by atoms with Crippen LogP contribution in [0.5, 0.6) is 0 Å². The van der Waals surface area contributed by atoms with Crippen molar-refractivity contribution in [1.82, 2.24) is 0 Å². The van der Waals surface area contributed by atoms with E-state index in [2.05, 4.69) is 10.6 Å². The Morgan fingerprint density at radius 1 is 0.765 bits per heavy atom. The molecular weight excluding hydrogens is 289 g/mol. The van der Waals surface area contributed by atoms with Gasteiger partial charge in [0.1, 0.15) is 0 Å². The van der Waals surface area contributed by atoms with E-state index in [1.807, 2.05) is 54.6 Å². The van der Waals surface area contributed by atoms with Gasteiger partial charge in [0.25, 0.3) is 0 Å². The van der Waals surface area contributed by atoms with Crippen molar-refractivity contribution in [3.8, 4) is 0 Å². The van der Waals surface area contributed by atoms with E-state index in [0.29, 0.717) is 0 Å². The monoisotopic (exact) mass is 300 g/mol. The first-order valence-corrected chi connectivity index (χ1v) is 4.94. The molecule has 0 saturated heterocycles. The van der Waals surface area contributed by atoms with Gasteiger partial charge in [0, 0.05) is 44.1 Å². The third-order valence-electron chi connectivity index (χ3n) is 2.14. The molecule has 0 atom stereocenters. The zero-order valence-corrected chi connectivity index (χ0v) is 12.0. The molecule has 83 valence electrons. The van der Waals surface area contributed by atoms with Gasteiger partial charge in [0.05, 0.1) is 6.41 Å². The summed E-state index contributed by atoms with van der Waals surface area (Å²) in [5.41, 5.74) is 2.74. The Hall–Kier alpha value is -1.19. The Morgan fingerprint density at radius 3 is 1.88 bits per heavy atom. The van der Waals surface area contributed by atoms with Gasteiger partial charge in [-0.3, -0.25) is 0 Å². The summed E-state index contributed by atoms with van der Waals surface area (Å²) < 4.78 is 0. The molecule has 2 N–H and O–H groups in total. The average molecular weight is 300 g/mol. The van der Waals surface area contributed by atoms with Crippen LogP contribution in [0.25, 0.3) is 0 Å². The number of amides is 1. The quantitative estimate of drug-likeness (QED) is 0.673. The van der Waals surface area contributed by atoms with E-state index >= 15 is 0 Å². The number of nitrogens with one attached hydrogen (secondary N) is 2. The van der Waals surface area contributed by atoms with Crippen molar-refractivity contribution in [2.45, 2.75) is 0 Å². The van der Waals surface area contributed by atoms with Crippen LogP contribution in [0.3, 0.4) is 0 Å². The zero-order valence-electron chi connectivity index (χ0n) is 9.18. The van der Waals surface area contributed by atoms with Gasteiger partial charge in [-0.05, 0) is 12.1 Å². The topological polar surface area (TPSA) is 41.1 Å². The van der Waals surface area contributed by atoms with Gasteiger partial charge in [-0.25, -0.2) is 0 Å². The van der Waals surface area contributed by atoms with Gasteiger partial charge < -0.3 is 15.4 Å². The molecule has 3 nitrogen and oxygen atoms in total. The molecule has 0 fully saturated rings. The van der Waals surface area contributed by atoms with E-state index in [-0.39, 0.29) is 32.7 Å². The van der Waals surface area contributed by atoms with Crippen molar-refractivity contribution in [3.63, 3.8) is 0 Å². The van der Waals surface area contributed by atoms with Crippen LogP contribution in [-0.2, 0) is 37.5 Å². The summed E-state index contributed by atoms with van der Waals surface area (Å²) in [6.07, 6.45) is 1.63. The second-order valence-electron chi connectivity index (χ2n) is 3.30. The van der Waals surface area contributed by atoms with Crippen molar-refractivity contribution >= 4 is 23.5 Å². The SMILES string of the molecule is O=[C-]Nc1ccc(Nc2ccccc2)cc1.[Y]. The van der Waals surface area contributed by atoms with Crippen LogP contribution in [0.2, 0.25) is 0 Å². The van der Waals surface area contributed by atoms with E-state index in [4.69, 9.17) is 0 Å². The molecule has 0 bridgehead atoms. The van der Waals surface area contributed by atoms with Gasteiger partial charge in [0.2, 0.25) is 0 Å². The Bertz CT molecular complexity index is 457. The molecule has 0 aromatic heterocycles. The molecule has 0 saturated carbocycles. The molecule has 0 aliphatic rings. The third-order valence-corrected chi connectivity index (χ3v) is 2.14. The minimum Gasteiger partial charge on any atom is -0.490 e. The number of para-hydroxylation sites is 1. The molecule has 0 unspecified atom stereocenters. The van der Waals surface area contributed by atoms with Crippen molar-refractivity contribution in [2.75, 3.05) is 10.6 Å². The van der Waals surface area contributed by atoms with E-state index < -0.39 is 0 Å². The number of benzene rings is 2. The summed E-state index contributed by atoms with van der Waals surface area (Å²) in [6, 6.07) is 17.3. The number of carbonyl (C=O) groups excluding carboxylic acids is 1. The Balaban J connectivity index is 0.00000144. The Morgan fingerprint density at radius 2 is 1.29 bits per heavy atom. The van der Waals surface area contributed by atoms with Crippen molar-refractivity contribution in [2.24, 2.45) is 0 Å². The molecule has 0 spiro atoms. The van der Waals surface area contributed by atoms with Crippen LogP contribution in [-0.4, -0.2) is 6.41 Å². The van der Waals surface area contributed by atoms with Crippen molar-refractivity contribution < 1.29 is 37.5 Å². The Kier molecular flexibility index (Phi) is 5.88. The van der Waals surface area contributed by atoms with Crippen molar-refractivity contribution in [1.29, 1.82) is 0 Å². The van der Waals surface area contributed by atoms with Gasteiger partial charge in [0.15, 0.2) is 0 Å². The maximum absolute atomic E-state index is 10.1. The minimum atomic E-state index is 0. The maximum Gasteiger partial charge on any atom is 0.0692 e. The smallest absolute Gasteiger partial charge is 0.0692 e.